The maximum absolute atomic E-state index is 8.80. The van der Waals surface area contributed by atoms with E-state index in [-0.39, 0.29) is 0 Å². The molecular formula is C13H16N2O2. The highest BCUT2D eigenvalue weighted by atomic mass is 16.5. The van der Waals surface area contributed by atoms with Crippen LogP contribution in [0.15, 0.2) is 18.2 Å². The molecule has 1 heterocycles. The van der Waals surface area contributed by atoms with Crippen molar-refractivity contribution in [3.8, 4) is 11.8 Å². The van der Waals surface area contributed by atoms with Gasteiger partial charge < -0.3 is 14.4 Å². The molecule has 17 heavy (non-hydrogen) atoms. The Kier molecular flexibility index (Phi) is 3.84. The third-order valence-corrected chi connectivity index (χ3v) is 2.91. The van der Waals surface area contributed by atoms with Crippen LogP contribution in [0.1, 0.15) is 5.56 Å². The van der Waals surface area contributed by atoms with Crippen LogP contribution >= 0.6 is 0 Å². The largest absolute Gasteiger partial charge is 0.496 e. The van der Waals surface area contributed by atoms with Crippen molar-refractivity contribution in [2.75, 3.05) is 38.3 Å². The second-order valence-electron chi connectivity index (χ2n) is 3.93. The van der Waals surface area contributed by atoms with E-state index in [0.29, 0.717) is 6.42 Å². The van der Waals surface area contributed by atoms with Gasteiger partial charge in [-0.2, -0.15) is 5.26 Å². The minimum Gasteiger partial charge on any atom is -0.496 e. The van der Waals surface area contributed by atoms with Crippen molar-refractivity contribution in [1.82, 2.24) is 0 Å². The van der Waals surface area contributed by atoms with E-state index in [4.69, 9.17) is 14.7 Å². The van der Waals surface area contributed by atoms with Crippen LogP contribution < -0.4 is 9.64 Å². The average Bonchev–Trinajstić information content (AvgIpc) is 2.40. The van der Waals surface area contributed by atoms with Crippen molar-refractivity contribution in [1.29, 1.82) is 5.26 Å². The van der Waals surface area contributed by atoms with Gasteiger partial charge in [-0.05, 0) is 18.2 Å². The van der Waals surface area contributed by atoms with Crippen LogP contribution in [0.3, 0.4) is 0 Å². The van der Waals surface area contributed by atoms with E-state index in [1.165, 1.54) is 0 Å². The van der Waals surface area contributed by atoms with Crippen molar-refractivity contribution in [2.45, 2.75) is 6.42 Å². The number of morpholine rings is 1. The van der Waals surface area contributed by atoms with Gasteiger partial charge in [0, 0.05) is 24.3 Å². The van der Waals surface area contributed by atoms with Crippen molar-refractivity contribution in [3.05, 3.63) is 23.8 Å². The average molecular weight is 232 g/mol. The molecule has 0 saturated carbocycles. The Morgan fingerprint density at radius 3 is 2.82 bits per heavy atom. The molecule has 0 spiro atoms. The van der Waals surface area contributed by atoms with Gasteiger partial charge in [-0.1, -0.05) is 0 Å². The van der Waals surface area contributed by atoms with Crippen LogP contribution in [0.4, 0.5) is 5.69 Å². The number of nitriles is 1. The predicted molar refractivity (Wildman–Crippen MR) is 65.3 cm³/mol. The van der Waals surface area contributed by atoms with Crippen LogP contribution in [0.5, 0.6) is 5.75 Å². The van der Waals surface area contributed by atoms with E-state index >= 15 is 0 Å². The molecular weight excluding hydrogens is 216 g/mol. The van der Waals surface area contributed by atoms with Crippen LogP contribution in [-0.4, -0.2) is 33.4 Å². The number of methoxy groups -OCH3 is 1. The maximum Gasteiger partial charge on any atom is 0.123 e. The van der Waals surface area contributed by atoms with Crippen LogP contribution in [0.25, 0.3) is 0 Å². The SMILES string of the molecule is COc1ccc(N2CCOCC2)cc1CC#N. The molecule has 1 aliphatic rings. The summed E-state index contributed by atoms with van der Waals surface area (Å²) in [5.41, 5.74) is 2.08. The molecule has 0 radical (unpaired) electrons. The monoisotopic (exact) mass is 232 g/mol. The zero-order chi connectivity index (χ0) is 12.1. The fourth-order valence-electron chi connectivity index (χ4n) is 2.01. The number of anilines is 1. The number of ether oxygens (including phenoxy) is 2. The summed E-state index contributed by atoms with van der Waals surface area (Å²) < 4.78 is 10.6. The van der Waals surface area contributed by atoms with Gasteiger partial charge in [-0.15, -0.1) is 0 Å². The Balaban J connectivity index is 2.23. The minimum absolute atomic E-state index is 0.376. The van der Waals surface area contributed by atoms with Crippen LogP contribution in [-0.2, 0) is 11.2 Å². The van der Waals surface area contributed by atoms with Crippen molar-refractivity contribution < 1.29 is 9.47 Å². The lowest BCUT2D eigenvalue weighted by Crippen LogP contribution is -2.36. The van der Waals surface area contributed by atoms with Crippen molar-refractivity contribution in [3.63, 3.8) is 0 Å². The molecule has 0 atom stereocenters. The van der Waals surface area contributed by atoms with Gasteiger partial charge in [0.1, 0.15) is 5.75 Å². The summed E-state index contributed by atoms with van der Waals surface area (Å²) >= 11 is 0. The van der Waals surface area contributed by atoms with Crippen molar-refractivity contribution in [2.24, 2.45) is 0 Å². The molecule has 0 unspecified atom stereocenters. The van der Waals surface area contributed by atoms with E-state index in [2.05, 4.69) is 11.0 Å². The summed E-state index contributed by atoms with van der Waals surface area (Å²) in [6, 6.07) is 8.16. The molecule has 4 heteroatoms. The van der Waals surface area contributed by atoms with Gasteiger partial charge in [0.15, 0.2) is 0 Å². The second-order valence-corrected chi connectivity index (χ2v) is 3.93. The van der Waals surface area contributed by atoms with Gasteiger partial charge in [-0.25, -0.2) is 0 Å². The number of rotatable bonds is 3. The first-order chi connectivity index (χ1) is 8.35. The summed E-state index contributed by atoms with van der Waals surface area (Å²) in [4.78, 5) is 2.27. The molecule has 0 bridgehead atoms. The van der Waals surface area contributed by atoms with Crippen LogP contribution in [0, 0.1) is 11.3 Å². The Morgan fingerprint density at radius 2 is 2.18 bits per heavy atom. The zero-order valence-corrected chi connectivity index (χ0v) is 9.98. The molecule has 1 aliphatic heterocycles. The second kappa shape index (κ2) is 5.55. The number of hydrogen-bond acceptors (Lipinski definition) is 4. The van der Waals surface area contributed by atoms with Gasteiger partial charge in [-0.3, -0.25) is 0 Å². The summed E-state index contributed by atoms with van der Waals surface area (Å²) in [7, 11) is 1.63. The zero-order valence-electron chi connectivity index (χ0n) is 9.98. The lowest BCUT2D eigenvalue weighted by molar-refractivity contribution is 0.122. The summed E-state index contributed by atoms with van der Waals surface area (Å²) in [5.74, 6) is 0.781. The van der Waals surface area contributed by atoms with Gasteiger partial charge in [0.05, 0.1) is 32.8 Å². The molecule has 4 nitrogen and oxygen atoms in total. The minimum atomic E-state index is 0.376. The molecule has 1 aromatic carbocycles. The molecule has 2 rings (SSSR count). The first kappa shape index (κ1) is 11.7. The quantitative estimate of drug-likeness (QED) is 0.794. The fraction of sp³-hybridized carbons (Fsp3) is 0.462. The fourth-order valence-corrected chi connectivity index (χ4v) is 2.01. The Bertz CT molecular complexity index is 420. The normalized spacial score (nSPS) is 15.4. The summed E-state index contributed by atoms with van der Waals surface area (Å²) in [6.45, 7) is 3.33. The predicted octanol–water partition coefficient (Wildman–Crippen LogP) is 1.60. The molecule has 90 valence electrons. The Labute approximate surface area is 101 Å². The number of nitrogens with zero attached hydrogens (tertiary/aromatic N) is 2. The molecule has 1 aromatic rings. The molecule has 0 amide bonds. The summed E-state index contributed by atoms with van der Waals surface area (Å²) in [6.07, 6.45) is 0.376. The van der Waals surface area contributed by atoms with E-state index in [0.717, 1.165) is 43.3 Å². The third kappa shape index (κ3) is 2.69. The maximum atomic E-state index is 8.80. The Hall–Kier alpha value is -1.73. The van der Waals surface area contributed by atoms with E-state index in [1.54, 1.807) is 7.11 Å². The molecule has 0 aromatic heterocycles. The highest BCUT2D eigenvalue weighted by Crippen LogP contribution is 2.25. The molecule has 0 aliphatic carbocycles. The van der Waals surface area contributed by atoms with Crippen molar-refractivity contribution >= 4 is 5.69 Å². The van der Waals surface area contributed by atoms with Gasteiger partial charge >= 0.3 is 0 Å². The number of benzene rings is 1. The number of hydrogen-bond donors (Lipinski definition) is 0. The third-order valence-electron chi connectivity index (χ3n) is 2.91. The smallest absolute Gasteiger partial charge is 0.123 e. The van der Waals surface area contributed by atoms with E-state index in [9.17, 15) is 0 Å². The highest BCUT2D eigenvalue weighted by molar-refractivity contribution is 5.54. The molecule has 1 saturated heterocycles. The lowest BCUT2D eigenvalue weighted by Gasteiger charge is -2.29. The molecule has 0 N–H and O–H groups in total. The van der Waals surface area contributed by atoms with Gasteiger partial charge in [0.25, 0.3) is 0 Å². The van der Waals surface area contributed by atoms with Gasteiger partial charge in [0.2, 0.25) is 0 Å². The van der Waals surface area contributed by atoms with Crippen LogP contribution in [0.2, 0.25) is 0 Å². The van der Waals surface area contributed by atoms with E-state index < -0.39 is 0 Å². The Morgan fingerprint density at radius 1 is 1.41 bits per heavy atom. The summed E-state index contributed by atoms with van der Waals surface area (Å²) in [5, 5.41) is 8.80. The lowest BCUT2D eigenvalue weighted by atomic mass is 10.1. The first-order valence-electron chi connectivity index (χ1n) is 5.71. The first-order valence-corrected chi connectivity index (χ1v) is 5.71. The van der Waals surface area contributed by atoms with E-state index in [1.807, 2.05) is 18.2 Å². The highest BCUT2D eigenvalue weighted by Gasteiger charge is 2.13. The molecule has 1 fully saturated rings. The standard InChI is InChI=1S/C13H16N2O2/c1-16-13-3-2-12(10-11(13)4-5-14)15-6-8-17-9-7-15/h2-3,10H,4,6-9H2,1H3. The topological polar surface area (TPSA) is 45.5 Å².